The fraction of sp³-hybridized carbons (Fsp3) is 0.350. The molecule has 4 heterocycles. The van der Waals surface area contributed by atoms with Crippen molar-refractivity contribution in [1.29, 1.82) is 0 Å². The number of likely N-dealkylation sites (tertiary alicyclic amines) is 1. The Morgan fingerprint density at radius 2 is 1.65 bits per heavy atom. The molecular formula is C60H69F3N10O9S2Si. The molecule has 8 rings (SSSR count). The third-order valence-electron chi connectivity index (χ3n) is 14.0. The number of rotatable bonds is 25. The van der Waals surface area contributed by atoms with E-state index in [1.54, 1.807) is 59.6 Å². The van der Waals surface area contributed by atoms with E-state index in [0.717, 1.165) is 27.7 Å². The van der Waals surface area contributed by atoms with Crippen LogP contribution in [0.2, 0.25) is 25.7 Å². The van der Waals surface area contributed by atoms with Crippen LogP contribution >= 0.6 is 11.3 Å². The van der Waals surface area contributed by atoms with E-state index < -0.39 is 65.1 Å². The van der Waals surface area contributed by atoms with Crippen molar-refractivity contribution in [3.63, 3.8) is 0 Å². The summed E-state index contributed by atoms with van der Waals surface area (Å²) in [6, 6.07) is 26.2. The van der Waals surface area contributed by atoms with E-state index in [1.165, 1.54) is 53.3 Å². The standard InChI is InChI=1S/C60H69F3N10O9S2Si/c1-36-52(83-34-67-36)41-16-14-38(15-17-41)31-66-57(76)47-13-10-26-72(47)58(77)53(60(3,4)5)69-56(75)43-12-9-11-39(29-43)33-81-45-23-25-49(65-32-45)68-55-50(54(64)74)51(70-73(55)35-80-27-28-85(6,7)8)42-20-24-46(71-84(78,79)59(62)63)48(30-42)82-37(2)40-18-21-44(61)22-19-40/h9,11-12,14-25,29-30,32,34,37,47,53,59,71H,10,13,26-28,31,33,35H2,1-8H3,(H2,64,74)(H,65,68)(H,66,76)(H,69,75)/t37-,47-,53+/m0/s1. The van der Waals surface area contributed by atoms with Crippen molar-refractivity contribution >= 4 is 70.4 Å². The molecule has 0 saturated carbocycles. The molecule has 4 aromatic carbocycles. The average molecular weight is 1220 g/mol. The van der Waals surface area contributed by atoms with Gasteiger partial charge in [-0.2, -0.15) is 13.9 Å². The second kappa shape index (κ2) is 26.8. The molecule has 0 unspecified atom stereocenters. The summed E-state index contributed by atoms with van der Waals surface area (Å²) in [4.78, 5) is 67.0. The maximum Gasteiger partial charge on any atom is 0.355 e. The highest BCUT2D eigenvalue weighted by Crippen LogP contribution is 2.39. The first-order chi connectivity index (χ1) is 40.2. The van der Waals surface area contributed by atoms with Crippen LogP contribution in [-0.4, -0.2) is 95.8 Å². The van der Waals surface area contributed by atoms with Gasteiger partial charge in [0.15, 0.2) is 0 Å². The number of alkyl halides is 2. The molecule has 1 aliphatic heterocycles. The number of halogens is 3. The molecule has 6 N–H and O–H groups in total. The Bertz CT molecular complexity index is 3630. The zero-order valence-corrected chi connectivity index (χ0v) is 51.0. The van der Waals surface area contributed by atoms with Crippen LogP contribution in [0.15, 0.2) is 115 Å². The van der Waals surface area contributed by atoms with Gasteiger partial charge >= 0.3 is 5.76 Å². The topological polar surface area (TPSA) is 251 Å². The molecule has 1 fully saturated rings. The van der Waals surface area contributed by atoms with E-state index in [2.05, 4.69) is 45.6 Å². The normalized spacial score (nSPS) is 14.4. The van der Waals surface area contributed by atoms with Crippen molar-refractivity contribution in [2.75, 3.05) is 23.2 Å². The number of hydrogen-bond donors (Lipinski definition) is 5. The summed E-state index contributed by atoms with van der Waals surface area (Å²) in [6.07, 6.45) is 1.71. The summed E-state index contributed by atoms with van der Waals surface area (Å²) in [7, 11) is -6.72. The number of hydrogen-bond acceptors (Lipinski definition) is 14. The lowest BCUT2D eigenvalue weighted by Crippen LogP contribution is -2.57. The van der Waals surface area contributed by atoms with Crippen molar-refractivity contribution in [2.24, 2.45) is 11.1 Å². The molecule has 3 atom stereocenters. The van der Waals surface area contributed by atoms with E-state index in [1.807, 2.05) is 62.2 Å². The lowest BCUT2D eigenvalue weighted by Gasteiger charge is -2.35. The van der Waals surface area contributed by atoms with Crippen LogP contribution in [0.25, 0.3) is 21.7 Å². The van der Waals surface area contributed by atoms with Gasteiger partial charge in [0.25, 0.3) is 21.8 Å². The Morgan fingerprint density at radius 1 is 0.918 bits per heavy atom. The van der Waals surface area contributed by atoms with Gasteiger partial charge in [-0.05, 0) is 109 Å². The van der Waals surface area contributed by atoms with E-state index >= 15 is 0 Å². The highest BCUT2D eigenvalue weighted by molar-refractivity contribution is 7.93. The molecule has 1 aliphatic rings. The predicted octanol–water partition coefficient (Wildman–Crippen LogP) is 10.8. The first-order valence-electron chi connectivity index (χ1n) is 27.4. The number of thiazole rings is 1. The minimum Gasteiger partial charge on any atom is -0.487 e. The van der Waals surface area contributed by atoms with Gasteiger partial charge in [0.1, 0.15) is 71.7 Å². The Morgan fingerprint density at radius 3 is 2.29 bits per heavy atom. The monoisotopic (exact) mass is 1220 g/mol. The average Bonchev–Trinajstić information content (AvgIpc) is 1.94. The Balaban J connectivity index is 0.951. The molecule has 0 aliphatic carbocycles. The Kier molecular flexibility index (Phi) is 19.9. The van der Waals surface area contributed by atoms with E-state index in [9.17, 15) is 40.8 Å². The van der Waals surface area contributed by atoms with Crippen LogP contribution in [-0.2, 0) is 44.2 Å². The van der Waals surface area contributed by atoms with E-state index in [0.29, 0.717) is 42.9 Å². The molecule has 3 aromatic heterocycles. The van der Waals surface area contributed by atoms with Crippen molar-refractivity contribution in [3.8, 4) is 33.2 Å². The lowest BCUT2D eigenvalue weighted by atomic mass is 9.85. The number of anilines is 3. The summed E-state index contributed by atoms with van der Waals surface area (Å²) >= 11 is 1.57. The Labute approximate surface area is 497 Å². The third kappa shape index (κ3) is 16.2. The van der Waals surface area contributed by atoms with Gasteiger partial charge in [0.05, 0.1) is 28.0 Å². The largest absolute Gasteiger partial charge is 0.487 e. The smallest absolute Gasteiger partial charge is 0.355 e. The van der Waals surface area contributed by atoms with Gasteiger partial charge in [0, 0.05) is 38.9 Å². The van der Waals surface area contributed by atoms with Crippen molar-refractivity contribution < 1.29 is 55.0 Å². The molecule has 0 spiro atoms. The number of carbonyl (C=O) groups excluding carboxylic acids is 4. The zero-order chi connectivity index (χ0) is 61.4. The van der Waals surface area contributed by atoms with Crippen LogP contribution < -0.4 is 35.9 Å². The number of aromatic nitrogens is 4. The summed E-state index contributed by atoms with van der Waals surface area (Å²) < 4.78 is 87.4. The highest BCUT2D eigenvalue weighted by Gasteiger charge is 2.42. The SMILES string of the molecule is Cc1ncsc1-c1ccc(CNC(=O)[C@@H]2CCCN2C(=O)[C@@H](NC(=O)c2cccc(COc3ccc(Nc4c(C(N)=O)c(-c5ccc(NS(=O)(=O)C(F)F)c(O[C@@H](C)c6ccc(F)cc6)c5)nn4COCC[Si](C)(C)C)nc3)c2)C(C)(C)C)cc1. The van der Waals surface area contributed by atoms with Gasteiger partial charge in [-0.15, -0.1) is 11.3 Å². The highest BCUT2D eigenvalue weighted by atomic mass is 32.2. The fourth-order valence-electron chi connectivity index (χ4n) is 9.31. The van der Waals surface area contributed by atoms with Gasteiger partial charge in [-0.25, -0.2) is 27.5 Å². The zero-order valence-electron chi connectivity index (χ0n) is 48.4. The van der Waals surface area contributed by atoms with Crippen LogP contribution in [0.1, 0.15) is 89.7 Å². The number of nitrogens with one attached hydrogen (secondary N) is 4. The van der Waals surface area contributed by atoms with Crippen LogP contribution in [0.4, 0.5) is 30.5 Å². The van der Waals surface area contributed by atoms with Gasteiger partial charge in [-0.1, -0.05) is 95.0 Å². The maximum absolute atomic E-state index is 14.4. The number of nitrogens with zero attached hydrogens (tertiary/aromatic N) is 5. The quantitative estimate of drug-likeness (QED) is 0.0264. The van der Waals surface area contributed by atoms with Crippen molar-refractivity contribution in [2.45, 2.75) is 117 Å². The molecular weight excluding hydrogens is 1150 g/mol. The maximum atomic E-state index is 14.4. The minimum absolute atomic E-state index is 0.0000926. The Hall–Kier alpha value is -8.13. The predicted molar refractivity (Wildman–Crippen MR) is 322 cm³/mol. The summed E-state index contributed by atoms with van der Waals surface area (Å²) in [5.41, 5.74) is 11.2. The number of sulfonamides is 1. The molecule has 0 radical (unpaired) electrons. The van der Waals surface area contributed by atoms with Crippen molar-refractivity contribution in [1.82, 2.24) is 35.3 Å². The number of amides is 4. The van der Waals surface area contributed by atoms with Gasteiger partial charge in [-0.3, -0.25) is 23.9 Å². The summed E-state index contributed by atoms with van der Waals surface area (Å²) in [6.45, 7) is 16.6. The molecule has 4 amide bonds. The summed E-state index contributed by atoms with van der Waals surface area (Å²) in [5, 5.41) is 13.8. The first-order valence-corrected chi connectivity index (χ1v) is 33.6. The molecule has 25 heteroatoms. The lowest BCUT2D eigenvalue weighted by molar-refractivity contribution is -0.141. The number of benzene rings is 4. The fourth-order valence-corrected chi connectivity index (χ4v) is 11.4. The number of primary amides is 1. The molecule has 1 saturated heterocycles. The summed E-state index contributed by atoms with van der Waals surface area (Å²) in [5.74, 6) is -5.88. The molecule has 0 bridgehead atoms. The minimum atomic E-state index is -5.17. The molecule has 450 valence electrons. The van der Waals surface area contributed by atoms with E-state index in [4.69, 9.17) is 25.0 Å². The first kappa shape index (κ1) is 62.9. The third-order valence-corrected chi connectivity index (χ3v) is 17.7. The number of ether oxygens (including phenoxy) is 3. The second-order valence-electron chi connectivity index (χ2n) is 22.9. The van der Waals surface area contributed by atoms with Crippen molar-refractivity contribution in [3.05, 3.63) is 154 Å². The number of nitrogens with two attached hydrogens (primary N) is 1. The number of pyridine rings is 1. The van der Waals surface area contributed by atoms with Gasteiger partial charge in [0.2, 0.25) is 11.8 Å². The number of aryl methyl sites for hydroxylation is 1. The molecule has 7 aromatic rings. The van der Waals surface area contributed by atoms with Gasteiger partial charge < -0.3 is 40.8 Å². The molecule has 19 nitrogen and oxygen atoms in total. The van der Waals surface area contributed by atoms with E-state index in [-0.39, 0.29) is 77.2 Å². The second-order valence-corrected chi connectivity index (χ2v) is 31.0. The van der Waals surface area contributed by atoms with Crippen LogP contribution in [0.5, 0.6) is 11.5 Å². The molecule has 85 heavy (non-hydrogen) atoms. The van der Waals surface area contributed by atoms with Crippen LogP contribution in [0.3, 0.4) is 0 Å². The number of carbonyl (C=O) groups is 4. The van der Waals surface area contributed by atoms with Crippen LogP contribution in [0, 0.1) is 18.2 Å².